The molecule has 0 spiro atoms. The van der Waals surface area contributed by atoms with Gasteiger partial charge in [0.05, 0.1) is 44.7 Å². The standard InChI is InChI=1S/C32H51NO27/c1-9(37)33-17-22(46)19(43)16(55-26(17)47)8-54-30(27(48)49)3-14(20(44)24(58-30)12(40)6-35)57-32(29(52)53)4-15(21(45)25(60-32)13(41)7-36)56-31(28(50)51)2-10(38)18(42)23(59-31)11(39)5-34/h10-26,34-36,38-47H,2-8H2,1H3,(H,33,37)(H,48,49)(H,50,51)(H,52,53)/t10-,11-,12-,13-,14-,15-,16-,17-,18-,19-,20-,21-,22-,23-,24-,25-,26-,30-,31-,32-/m1/s1. The number of aliphatic hydroxyl groups is 13. The van der Waals surface area contributed by atoms with E-state index in [9.17, 15) is 101 Å². The Morgan fingerprint density at radius 2 is 1.02 bits per heavy atom. The Balaban J connectivity index is 1.73. The monoisotopic (exact) mass is 881 g/mol. The van der Waals surface area contributed by atoms with E-state index in [1.54, 1.807) is 0 Å². The van der Waals surface area contributed by atoms with Gasteiger partial charge >= 0.3 is 17.9 Å². The van der Waals surface area contributed by atoms with Gasteiger partial charge in [-0.25, -0.2) is 14.4 Å². The summed E-state index contributed by atoms with van der Waals surface area (Å²) in [5.41, 5.74) is 0. The van der Waals surface area contributed by atoms with Crippen molar-refractivity contribution in [1.29, 1.82) is 0 Å². The molecule has 0 aliphatic carbocycles. The van der Waals surface area contributed by atoms with E-state index in [-0.39, 0.29) is 0 Å². The van der Waals surface area contributed by atoms with Crippen LogP contribution in [0.15, 0.2) is 0 Å². The first kappa shape index (κ1) is 49.7. The first-order valence-electron chi connectivity index (χ1n) is 18.2. The predicted octanol–water partition coefficient (Wildman–Crippen LogP) is -10.1. The highest BCUT2D eigenvalue weighted by molar-refractivity contribution is 5.78. The number of carboxylic acid groups (broad SMARTS) is 3. The van der Waals surface area contributed by atoms with Gasteiger partial charge in [-0.2, -0.15) is 0 Å². The molecule has 4 aliphatic rings. The highest BCUT2D eigenvalue weighted by Crippen LogP contribution is 2.43. The largest absolute Gasteiger partial charge is 0.477 e. The molecule has 20 atom stereocenters. The van der Waals surface area contributed by atoms with E-state index in [4.69, 9.17) is 33.2 Å². The molecular weight excluding hydrogens is 830 g/mol. The van der Waals surface area contributed by atoms with E-state index < -0.39 is 191 Å². The average molecular weight is 882 g/mol. The molecule has 346 valence electrons. The second-order valence-corrected chi connectivity index (χ2v) is 14.7. The molecule has 1 amide bonds. The van der Waals surface area contributed by atoms with Crippen LogP contribution in [-0.2, 0) is 52.3 Å². The molecule has 28 nitrogen and oxygen atoms in total. The summed E-state index contributed by atoms with van der Waals surface area (Å²) in [4.78, 5) is 50.3. The molecule has 4 fully saturated rings. The van der Waals surface area contributed by atoms with Gasteiger partial charge < -0.3 is 120 Å². The summed E-state index contributed by atoms with van der Waals surface area (Å²) in [6.45, 7) is -3.78. The van der Waals surface area contributed by atoms with Crippen molar-refractivity contribution in [2.24, 2.45) is 0 Å². The number of rotatable bonds is 17. The number of carbonyl (C=O) groups is 4. The van der Waals surface area contributed by atoms with Crippen LogP contribution in [0, 0.1) is 0 Å². The van der Waals surface area contributed by atoms with Crippen LogP contribution in [0.2, 0.25) is 0 Å². The number of amides is 1. The number of carboxylic acids is 3. The molecular formula is C32H51NO27. The minimum Gasteiger partial charge on any atom is -0.477 e. The Kier molecular flexibility index (Phi) is 16.3. The number of ether oxygens (including phenoxy) is 7. The Hall–Kier alpha value is -2.92. The Labute approximate surface area is 337 Å². The van der Waals surface area contributed by atoms with Crippen LogP contribution >= 0.6 is 0 Å². The van der Waals surface area contributed by atoms with Gasteiger partial charge in [-0.15, -0.1) is 0 Å². The van der Waals surface area contributed by atoms with Crippen molar-refractivity contribution in [2.75, 3.05) is 26.4 Å². The molecule has 0 unspecified atom stereocenters. The van der Waals surface area contributed by atoms with Crippen LogP contribution < -0.4 is 5.32 Å². The van der Waals surface area contributed by atoms with Crippen LogP contribution in [0.1, 0.15) is 26.2 Å². The van der Waals surface area contributed by atoms with Crippen molar-refractivity contribution in [3.8, 4) is 0 Å². The highest BCUT2D eigenvalue weighted by Gasteiger charge is 2.64. The van der Waals surface area contributed by atoms with Gasteiger partial charge in [-0.3, -0.25) is 4.79 Å². The fourth-order valence-corrected chi connectivity index (χ4v) is 7.28. The number of hydrogen-bond acceptors (Lipinski definition) is 24. The summed E-state index contributed by atoms with van der Waals surface area (Å²) >= 11 is 0. The number of nitrogens with one attached hydrogen (secondary N) is 1. The van der Waals surface area contributed by atoms with Crippen molar-refractivity contribution in [3.63, 3.8) is 0 Å². The first-order valence-corrected chi connectivity index (χ1v) is 18.2. The number of carbonyl (C=O) groups excluding carboxylic acids is 1. The predicted molar refractivity (Wildman–Crippen MR) is 179 cm³/mol. The maximum atomic E-state index is 13.2. The normalized spacial score (nSPS) is 44.0. The van der Waals surface area contributed by atoms with Crippen LogP contribution in [-0.4, -0.2) is 253 Å². The summed E-state index contributed by atoms with van der Waals surface area (Å²) in [5, 5.41) is 169. The van der Waals surface area contributed by atoms with Crippen molar-refractivity contribution in [3.05, 3.63) is 0 Å². The second-order valence-electron chi connectivity index (χ2n) is 14.7. The molecule has 0 aromatic carbocycles. The quantitative estimate of drug-likeness (QED) is 0.0645. The highest BCUT2D eigenvalue weighted by atomic mass is 16.8. The zero-order chi connectivity index (χ0) is 45.2. The Morgan fingerprint density at radius 3 is 1.43 bits per heavy atom. The van der Waals surface area contributed by atoms with Crippen molar-refractivity contribution < 1.29 is 134 Å². The van der Waals surface area contributed by atoms with Gasteiger partial charge in [0.1, 0.15) is 79.3 Å². The maximum absolute atomic E-state index is 13.2. The zero-order valence-electron chi connectivity index (χ0n) is 31.4. The summed E-state index contributed by atoms with van der Waals surface area (Å²) in [6, 6.07) is -1.58. The molecule has 0 radical (unpaired) electrons. The van der Waals surface area contributed by atoms with E-state index in [0.717, 1.165) is 6.92 Å². The lowest BCUT2D eigenvalue weighted by Gasteiger charge is -2.51. The third-order valence-corrected chi connectivity index (χ3v) is 10.5. The van der Waals surface area contributed by atoms with Gasteiger partial charge in [0.25, 0.3) is 17.4 Å². The van der Waals surface area contributed by atoms with E-state index >= 15 is 0 Å². The summed E-state index contributed by atoms with van der Waals surface area (Å²) < 4.78 is 38.1. The molecule has 4 saturated heterocycles. The lowest BCUT2D eigenvalue weighted by atomic mass is 9.89. The van der Waals surface area contributed by atoms with Gasteiger partial charge in [-0.1, -0.05) is 0 Å². The first-order chi connectivity index (χ1) is 27.9. The van der Waals surface area contributed by atoms with Crippen molar-refractivity contribution in [2.45, 2.75) is 147 Å². The van der Waals surface area contributed by atoms with E-state index in [0.29, 0.717) is 0 Å². The lowest BCUT2D eigenvalue weighted by Crippen LogP contribution is -2.70. The summed E-state index contributed by atoms with van der Waals surface area (Å²) in [6.07, 6.45) is -38.3. The van der Waals surface area contributed by atoms with Crippen LogP contribution in [0.5, 0.6) is 0 Å². The zero-order valence-corrected chi connectivity index (χ0v) is 31.4. The third-order valence-electron chi connectivity index (χ3n) is 10.5. The minimum atomic E-state index is -3.40. The molecule has 0 bridgehead atoms. The average Bonchev–Trinajstić information content (AvgIpc) is 3.19. The Morgan fingerprint density at radius 1 is 0.617 bits per heavy atom. The van der Waals surface area contributed by atoms with E-state index in [2.05, 4.69) is 5.32 Å². The molecule has 60 heavy (non-hydrogen) atoms. The third kappa shape index (κ3) is 9.97. The molecule has 28 heteroatoms. The molecule has 0 saturated carbocycles. The van der Waals surface area contributed by atoms with Crippen LogP contribution in [0.3, 0.4) is 0 Å². The van der Waals surface area contributed by atoms with Gasteiger partial charge in [0.15, 0.2) is 6.29 Å². The van der Waals surface area contributed by atoms with Gasteiger partial charge in [0.2, 0.25) is 5.91 Å². The summed E-state index contributed by atoms with van der Waals surface area (Å²) in [7, 11) is 0. The smallest absolute Gasteiger partial charge is 0.364 e. The molecule has 17 N–H and O–H groups in total. The number of hydrogen-bond donors (Lipinski definition) is 17. The van der Waals surface area contributed by atoms with E-state index in [1.807, 2.05) is 0 Å². The molecule has 4 rings (SSSR count). The van der Waals surface area contributed by atoms with Gasteiger partial charge in [0, 0.05) is 26.2 Å². The molecule has 4 aliphatic heterocycles. The number of aliphatic hydroxyl groups excluding tert-OH is 13. The summed E-state index contributed by atoms with van der Waals surface area (Å²) in [5.74, 6) is -17.0. The van der Waals surface area contributed by atoms with Crippen molar-refractivity contribution >= 4 is 23.8 Å². The fraction of sp³-hybridized carbons (Fsp3) is 0.875. The van der Waals surface area contributed by atoms with Gasteiger partial charge in [-0.05, 0) is 0 Å². The maximum Gasteiger partial charge on any atom is 0.364 e. The fourth-order valence-electron chi connectivity index (χ4n) is 7.28. The molecule has 4 heterocycles. The SMILES string of the molecule is CC(=O)N[C@@H]1[C@@H](O)[C@H](O)[C@@H](CO[C@]2(C(=O)O)C[C@@H](O[C@]3(C(=O)O)C[C@@H](O[C@]4(C(=O)O)C[C@@H](O)[C@@H](O)[C@@H]([C@H](O)CO)O4)[C@@H](O)[C@@H]([C@H](O)CO)O3)[C@@H](O)[C@@H]([C@H](O)CO)O2)O[C@H]1O. The van der Waals surface area contributed by atoms with Crippen LogP contribution in [0.25, 0.3) is 0 Å². The molecule has 0 aromatic rings. The number of aliphatic carboxylic acids is 3. The van der Waals surface area contributed by atoms with E-state index in [1.165, 1.54) is 0 Å². The minimum absolute atomic E-state index is 0.748. The van der Waals surface area contributed by atoms with Crippen LogP contribution in [0.4, 0.5) is 0 Å². The Bertz CT molecular complexity index is 1510. The topological polar surface area (TPSA) is 469 Å². The lowest BCUT2D eigenvalue weighted by molar-refractivity contribution is -0.394. The molecule has 0 aromatic heterocycles. The van der Waals surface area contributed by atoms with Crippen molar-refractivity contribution in [1.82, 2.24) is 5.32 Å². The second kappa shape index (κ2) is 19.6.